The van der Waals surface area contributed by atoms with Crippen LogP contribution in [0.2, 0.25) is 10.0 Å². The number of benzene rings is 1. The predicted molar refractivity (Wildman–Crippen MR) is 155 cm³/mol. The van der Waals surface area contributed by atoms with Crippen molar-refractivity contribution in [2.45, 2.75) is 26.2 Å². The Labute approximate surface area is 231 Å². The van der Waals surface area contributed by atoms with Crippen molar-refractivity contribution < 1.29 is 0 Å². The molecule has 200 valence electrons. The molecule has 1 fully saturated rings. The summed E-state index contributed by atoms with van der Waals surface area (Å²) < 4.78 is 1.75. The number of anilines is 4. The molecule has 10 nitrogen and oxygen atoms in total. The predicted octanol–water partition coefficient (Wildman–Crippen LogP) is 4.46. The summed E-state index contributed by atoms with van der Waals surface area (Å²) in [6.45, 7) is 6.64. The second kappa shape index (κ2) is 11.6. The van der Waals surface area contributed by atoms with E-state index in [9.17, 15) is 0 Å². The van der Waals surface area contributed by atoms with Gasteiger partial charge in [0.15, 0.2) is 11.5 Å². The molecule has 0 bridgehead atoms. The molecule has 0 aliphatic carbocycles. The molecule has 0 unspecified atom stereocenters. The van der Waals surface area contributed by atoms with Crippen LogP contribution in [0.25, 0.3) is 16.9 Å². The molecule has 6 N–H and O–H groups in total. The van der Waals surface area contributed by atoms with Crippen molar-refractivity contribution in [2.24, 2.45) is 5.92 Å². The van der Waals surface area contributed by atoms with Crippen LogP contribution in [0.15, 0.2) is 36.4 Å². The van der Waals surface area contributed by atoms with Crippen LogP contribution in [0.5, 0.6) is 0 Å². The number of hydrogen-bond acceptors (Lipinski definition) is 9. The van der Waals surface area contributed by atoms with Crippen molar-refractivity contribution in [1.82, 2.24) is 29.5 Å². The topological polar surface area (TPSA) is 135 Å². The highest BCUT2D eigenvalue weighted by molar-refractivity contribution is 6.36. The lowest BCUT2D eigenvalue weighted by Gasteiger charge is -2.29. The molecular weight excluding hydrogens is 523 g/mol. The Kier molecular flexibility index (Phi) is 8.01. The number of fused-ring (bicyclic) bond motifs is 1. The summed E-state index contributed by atoms with van der Waals surface area (Å²) >= 11 is 12.6. The highest BCUT2D eigenvalue weighted by atomic mass is 35.5. The number of nitrogens with zero attached hydrogens (tertiary/aromatic N) is 6. The summed E-state index contributed by atoms with van der Waals surface area (Å²) in [7, 11) is 0. The Balaban J connectivity index is 1.35. The minimum atomic E-state index is 0.299. The van der Waals surface area contributed by atoms with Crippen LogP contribution in [-0.2, 0) is 6.42 Å². The number of rotatable bonds is 9. The second-order valence-electron chi connectivity index (χ2n) is 9.69. The number of piperidine rings is 1. The minimum Gasteiger partial charge on any atom is -0.396 e. The lowest BCUT2D eigenvalue weighted by molar-refractivity contribution is 0.193. The van der Waals surface area contributed by atoms with Gasteiger partial charge in [-0.2, -0.15) is 4.52 Å². The zero-order valence-electron chi connectivity index (χ0n) is 21.3. The highest BCUT2D eigenvalue weighted by Crippen LogP contribution is 2.30. The third kappa shape index (κ3) is 6.20. The van der Waals surface area contributed by atoms with Gasteiger partial charge >= 0.3 is 0 Å². The Morgan fingerprint density at radius 2 is 1.76 bits per heavy atom. The fourth-order valence-electron chi connectivity index (χ4n) is 4.48. The molecule has 4 heterocycles. The first-order chi connectivity index (χ1) is 18.4. The van der Waals surface area contributed by atoms with Crippen LogP contribution in [0.1, 0.15) is 25.6 Å². The standard InChI is InChI=1S/C26H32Cl2N10/c1-16-6-11-37(12-7-16)13-8-23-34-24-15-21(18-3-2-17(27)14-19(18)28)33-26(38(24)36-23)32-10-9-31-22-5-4-20(29)25(30)35-22/h2-5,14-16H,6-13,29H2,1H3,(H,32,33)(H3,30,31,35). The average Bonchev–Trinajstić information content (AvgIpc) is 3.31. The zero-order valence-corrected chi connectivity index (χ0v) is 22.8. The van der Waals surface area contributed by atoms with Crippen molar-refractivity contribution in [3.8, 4) is 11.3 Å². The lowest BCUT2D eigenvalue weighted by atomic mass is 9.99. The van der Waals surface area contributed by atoms with Crippen molar-refractivity contribution in [3.05, 3.63) is 52.3 Å². The first-order valence-corrected chi connectivity index (χ1v) is 13.6. The SMILES string of the molecule is CC1CCN(CCc2nc3cc(-c4ccc(Cl)cc4Cl)nc(NCCNc4ccc(N)c(N)n4)n3n2)CC1. The molecule has 0 amide bonds. The molecule has 1 saturated heterocycles. The molecule has 0 atom stereocenters. The molecule has 4 aromatic rings. The lowest BCUT2D eigenvalue weighted by Crippen LogP contribution is -2.34. The number of nitrogens with two attached hydrogens (primary N) is 2. The quantitative estimate of drug-likeness (QED) is 0.221. The van der Waals surface area contributed by atoms with Gasteiger partial charge in [-0.15, -0.1) is 5.10 Å². The monoisotopic (exact) mass is 554 g/mol. The highest BCUT2D eigenvalue weighted by Gasteiger charge is 2.18. The number of hydrogen-bond donors (Lipinski definition) is 4. The molecule has 0 spiro atoms. The van der Waals surface area contributed by atoms with E-state index in [2.05, 4.69) is 27.4 Å². The number of halogens is 2. The molecule has 0 saturated carbocycles. The Morgan fingerprint density at radius 3 is 2.53 bits per heavy atom. The number of pyridine rings is 1. The summed E-state index contributed by atoms with van der Waals surface area (Å²) in [6, 6.07) is 10.8. The van der Waals surface area contributed by atoms with Gasteiger partial charge in [0, 0.05) is 42.7 Å². The van der Waals surface area contributed by atoms with Crippen LogP contribution in [0.4, 0.5) is 23.3 Å². The van der Waals surface area contributed by atoms with E-state index in [0.717, 1.165) is 43.4 Å². The third-order valence-corrected chi connectivity index (χ3v) is 7.32. The molecule has 1 aromatic carbocycles. The normalized spacial score (nSPS) is 14.7. The van der Waals surface area contributed by atoms with Gasteiger partial charge in [-0.1, -0.05) is 30.1 Å². The van der Waals surface area contributed by atoms with Gasteiger partial charge in [-0.25, -0.2) is 15.0 Å². The van der Waals surface area contributed by atoms with Crippen molar-refractivity contribution in [3.63, 3.8) is 0 Å². The summed E-state index contributed by atoms with van der Waals surface area (Å²) in [5.74, 6) is 3.11. The van der Waals surface area contributed by atoms with Crippen LogP contribution in [0.3, 0.4) is 0 Å². The maximum atomic E-state index is 6.51. The Bertz CT molecular complexity index is 1410. The van der Waals surface area contributed by atoms with Gasteiger partial charge in [0.2, 0.25) is 5.95 Å². The molecular formula is C26H32Cl2N10. The second-order valence-corrected chi connectivity index (χ2v) is 10.5. The molecule has 12 heteroatoms. The summed E-state index contributed by atoms with van der Waals surface area (Å²) in [5.41, 5.74) is 14.2. The van der Waals surface area contributed by atoms with Crippen molar-refractivity contribution in [1.29, 1.82) is 0 Å². The average molecular weight is 556 g/mol. The van der Waals surface area contributed by atoms with Crippen LogP contribution in [-0.4, -0.2) is 62.2 Å². The van der Waals surface area contributed by atoms with E-state index in [-0.39, 0.29) is 0 Å². The maximum Gasteiger partial charge on any atom is 0.226 e. The fourth-order valence-corrected chi connectivity index (χ4v) is 4.99. The third-order valence-electron chi connectivity index (χ3n) is 6.78. The van der Waals surface area contributed by atoms with Gasteiger partial charge in [0.05, 0.1) is 16.4 Å². The van der Waals surface area contributed by atoms with Crippen LogP contribution in [0, 0.1) is 5.92 Å². The molecule has 3 aromatic heterocycles. The molecule has 5 rings (SSSR count). The summed E-state index contributed by atoms with van der Waals surface area (Å²) in [6.07, 6.45) is 3.26. The Morgan fingerprint density at radius 1 is 0.974 bits per heavy atom. The number of nitrogen functional groups attached to an aromatic ring is 2. The van der Waals surface area contributed by atoms with Crippen LogP contribution >= 0.6 is 23.2 Å². The summed E-state index contributed by atoms with van der Waals surface area (Å²) in [4.78, 5) is 16.4. The minimum absolute atomic E-state index is 0.299. The number of likely N-dealkylation sites (tertiary alicyclic amines) is 1. The van der Waals surface area contributed by atoms with Gasteiger partial charge in [0.25, 0.3) is 0 Å². The number of nitrogens with one attached hydrogen (secondary N) is 2. The van der Waals surface area contributed by atoms with Gasteiger partial charge < -0.3 is 27.0 Å². The maximum absolute atomic E-state index is 6.51. The first-order valence-electron chi connectivity index (χ1n) is 12.8. The van der Waals surface area contributed by atoms with E-state index >= 15 is 0 Å². The van der Waals surface area contributed by atoms with Crippen LogP contribution < -0.4 is 22.1 Å². The van der Waals surface area contributed by atoms with Crippen molar-refractivity contribution in [2.75, 3.05) is 54.8 Å². The van der Waals surface area contributed by atoms with E-state index in [1.807, 2.05) is 12.1 Å². The number of aromatic nitrogens is 5. The van der Waals surface area contributed by atoms with E-state index in [0.29, 0.717) is 57.7 Å². The van der Waals surface area contributed by atoms with Gasteiger partial charge in [-0.3, -0.25) is 0 Å². The van der Waals surface area contributed by atoms with E-state index < -0.39 is 0 Å². The van der Waals surface area contributed by atoms with E-state index in [4.69, 9.17) is 49.7 Å². The Hall–Kier alpha value is -3.34. The molecule has 1 aliphatic rings. The zero-order chi connectivity index (χ0) is 26.6. The smallest absolute Gasteiger partial charge is 0.226 e. The first kappa shape index (κ1) is 26.3. The molecule has 0 radical (unpaired) electrons. The van der Waals surface area contributed by atoms with Crippen molar-refractivity contribution >= 4 is 52.1 Å². The van der Waals surface area contributed by atoms with Gasteiger partial charge in [0.1, 0.15) is 11.6 Å². The van der Waals surface area contributed by atoms with Gasteiger partial charge in [-0.05, 0) is 62.2 Å². The largest absolute Gasteiger partial charge is 0.396 e. The molecule has 1 aliphatic heterocycles. The molecule has 38 heavy (non-hydrogen) atoms. The van der Waals surface area contributed by atoms with E-state index in [1.54, 1.807) is 28.8 Å². The van der Waals surface area contributed by atoms with E-state index in [1.165, 1.54) is 12.8 Å². The summed E-state index contributed by atoms with van der Waals surface area (Å²) in [5, 5.41) is 12.5. The fraction of sp³-hybridized carbons (Fsp3) is 0.385.